The second-order valence-electron chi connectivity index (χ2n) is 5.51. The molecule has 19 heavy (non-hydrogen) atoms. The van der Waals surface area contributed by atoms with Gasteiger partial charge in [-0.25, -0.2) is 14.2 Å². The molecule has 1 heterocycles. The first-order valence-corrected chi connectivity index (χ1v) is 6.84. The molecule has 3 atom stereocenters. The Balaban J connectivity index is 2.54. The number of nitrogens with zero attached hydrogens (tertiary/aromatic N) is 3. The molecular weight excluding hydrogens is 244 g/mol. The van der Waals surface area contributed by atoms with Crippen LogP contribution >= 0.6 is 0 Å². The van der Waals surface area contributed by atoms with E-state index in [4.69, 9.17) is 0 Å². The van der Waals surface area contributed by atoms with Crippen LogP contribution < -0.4 is 16.7 Å². The Labute approximate surface area is 112 Å². The monoisotopic (exact) mass is 266 g/mol. The fourth-order valence-corrected chi connectivity index (χ4v) is 2.98. The molecule has 1 N–H and O–H groups in total. The number of rotatable bonds is 2. The molecule has 1 aromatic rings. The molecule has 0 bridgehead atoms. The van der Waals surface area contributed by atoms with Crippen LogP contribution in [-0.2, 0) is 7.05 Å². The Morgan fingerprint density at radius 2 is 1.95 bits per heavy atom. The fourth-order valence-electron chi connectivity index (χ4n) is 2.98. The largest absolute Gasteiger partial charge is 0.358 e. The summed E-state index contributed by atoms with van der Waals surface area (Å²) in [6, 6.07) is -0.0339. The lowest BCUT2D eigenvalue weighted by molar-refractivity contribution is 0.175. The van der Waals surface area contributed by atoms with Crippen molar-refractivity contribution >= 4 is 5.95 Å². The van der Waals surface area contributed by atoms with Gasteiger partial charge < -0.3 is 5.32 Å². The van der Waals surface area contributed by atoms with Crippen LogP contribution in [0.5, 0.6) is 0 Å². The first-order chi connectivity index (χ1) is 8.97. The number of nitrogens with one attached hydrogen (secondary N) is 1. The highest BCUT2D eigenvalue weighted by Gasteiger charge is 2.31. The van der Waals surface area contributed by atoms with E-state index in [1.54, 1.807) is 14.1 Å². The minimum Gasteiger partial charge on any atom is -0.358 e. The van der Waals surface area contributed by atoms with Gasteiger partial charge in [0.1, 0.15) is 0 Å². The highest BCUT2D eigenvalue weighted by molar-refractivity contribution is 5.21. The maximum atomic E-state index is 12.4. The van der Waals surface area contributed by atoms with Gasteiger partial charge in [-0.15, -0.1) is 0 Å². The Hall–Kier alpha value is -1.59. The van der Waals surface area contributed by atoms with Gasteiger partial charge in [0, 0.05) is 20.1 Å². The van der Waals surface area contributed by atoms with Gasteiger partial charge in [0.05, 0.1) is 0 Å². The van der Waals surface area contributed by atoms with Crippen LogP contribution in [0.25, 0.3) is 0 Å². The molecule has 0 radical (unpaired) electrons. The number of hydrogen-bond donors (Lipinski definition) is 1. The molecule has 1 aliphatic rings. The summed E-state index contributed by atoms with van der Waals surface area (Å²) in [5.74, 6) is 1.16. The van der Waals surface area contributed by atoms with Gasteiger partial charge in [-0.3, -0.25) is 4.57 Å². The molecule has 6 nitrogen and oxygen atoms in total. The molecule has 1 fully saturated rings. The number of aromatic nitrogens is 3. The van der Waals surface area contributed by atoms with Crippen LogP contribution in [0.3, 0.4) is 0 Å². The van der Waals surface area contributed by atoms with Crippen molar-refractivity contribution in [2.24, 2.45) is 18.9 Å². The van der Waals surface area contributed by atoms with Crippen molar-refractivity contribution in [3.8, 4) is 0 Å². The first kappa shape index (κ1) is 13.8. The molecule has 106 valence electrons. The summed E-state index contributed by atoms with van der Waals surface area (Å²) in [7, 11) is 3.28. The summed E-state index contributed by atoms with van der Waals surface area (Å²) in [5.41, 5.74) is -0.728. The van der Waals surface area contributed by atoms with E-state index in [2.05, 4.69) is 24.1 Å². The fraction of sp³-hybridized carbons (Fsp3) is 0.769. The molecular formula is C13H22N4O2. The van der Waals surface area contributed by atoms with E-state index in [0.29, 0.717) is 17.8 Å². The standard InChI is InChI=1S/C13H22N4O2/c1-8-6-5-7-10(9(8)2)17-12(18)15-11(14-3)16(4)13(17)19/h8-10H,5-7H2,1-4H3,(H,14,15,18). The van der Waals surface area contributed by atoms with Gasteiger partial charge >= 0.3 is 11.4 Å². The van der Waals surface area contributed by atoms with Gasteiger partial charge in [0.15, 0.2) is 0 Å². The molecule has 6 heteroatoms. The third-order valence-electron chi connectivity index (χ3n) is 4.44. The third kappa shape index (κ3) is 2.31. The third-order valence-corrected chi connectivity index (χ3v) is 4.44. The summed E-state index contributed by atoms with van der Waals surface area (Å²) in [5, 5.41) is 2.77. The SMILES string of the molecule is CNc1nc(=O)n(C2CCCC(C)C2C)c(=O)n1C. The van der Waals surface area contributed by atoms with Crippen molar-refractivity contribution in [3.63, 3.8) is 0 Å². The van der Waals surface area contributed by atoms with Crippen LogP contribution in [-0.4, -0.2) is 21.2 Å². The van der Waals surface area contributed by atoms with Crippen molar-refractivity contribution in [1.82, 2.24) is 14.1 Å². The molecule has 0 aliphatic heterocycles. The van der Waals surface area contributed by atoms with Crippen LogP contribution in [0.2, 0.25) is 0 Å². The number of anilines is 1. The molecule has 0 aromatic carbocycles. The minimum absolute atomic E-state index is 0.0339. The van der Waals surface area contributed by atoms with Crippen LogP contribution in [0, 0.1) is 11.8 Å². The average molecular weight is 266 g/mol. The van der Waals surface area contributed by atoms with E-state index < -0.39 is 5.69 Å². The smallest absolute Gasteiger partial charge is 0.355 e. The second-order valence-corrected chi connectivity index (χ2v) is 5.51. The lowest BCUT2D eigenvalue weighted by Gasteiger charge is -2.34. The maximum Gasteiger partial charge on any atom is 0.355 e. The van der Waals surface area contributed by atoms with Crippen molar-refractivity contribution in [2.75, 3.05) is 12.4 Å². The zero-order chi connectivity index (χ0) is 14.2. The van der Waals surface area contributed by atoms with E-state index in [1.165, 1.54) is 9.13 Å². The lowest BCUT2D eigenvalue weighted by Crippen LogP contribution is -2.46. The van der Waals surface area contributed by atoms with E-state index in [-0.39, 0.29) is 11.7 Å². The lowest BCUT2D eigenvalue weighted by atomic mass is 9.78. The molecule has 0 saturated heterocycles. The second kappa shape index (κ2) is 5.19. The molecule has 1 aliphatic carbocycles. The molecule has 1 saturated carbocycles. The molecule has 2 rings (SSSR count). The van der Waals surface area contributed by atoms with Gasteiger partial charge in [-0.2, -0.15) is 4.98 Å². The molecule has 1 aromatic heterocycles. The molecule has 0 spiro atoms. The van der Waals surface area contributed by atoms with Crippen molar-refractivity contribution in [2.45, 2.75) is 39.2 Å². The average Bonchev–Trinajstić information content (AvgIpc) is 2.39. The zero-order valence-electron chi connectivity index (χ0n) is 12.0. The zero-order valence-corrected chi connectivity index (χ0v) is 12.0. The molecule has 3 unspecified atom stereocenters. The van der Waals surface area contributed by atoms with Gasteiger partial charge in [0.25, 0.3) is 0 Å². The summed E-state index contributed by atoms with van der Waals surface area (Å²) >= 11 is 0. The summed E-state index contributed by atoms with van der Waals surface area (Å²) in [6.07, 6.45) is 3.09. The number of hydrogen-bond acceptors (Lipinski definition) is 4. The predicted molar refractivity (Wildman–Crippen MR) is 74.5 cm³/mol. The Kier molecular flexibility index (Phi) is 3.78. The molecule has 0 amide bonds. The van der Waals surface area contributed by atoms with Crippen molar-refractivity contribution in [3.05, 3.63) is 21.0 Å². The topological polar surface area (TPSA) is 68.9 Å². The van der Waals surface area contributed by atoms with Gasteiger partial charge in [-0.05, 0) is 18.3 Å². The van der Waals surface area contributed by atoms with Crippen LogP contribution in [0.4, 0.5) is 5.95 Å². The minimum atomic E-state index is -0.446. The summed E-state index contributed by atoms with van der Waals surface area (Å²) < 4.78 is 2.73. The summed E-state index contributed by atoms with van der Waals surface area (Å²) in [4.78, 5) is 28.4. The normalized spacial score (nSPS) is 27.3. The Bertz CT molecular complexity index is 575. The maximum absolute atomic E-state index is 12.4. The van der Waals surface area contributed by atoms with Crippen LogP contribution in [0.15, 0.2) is 9.59 Å². The Morgan fingerprint density at radius 1 is 1.26 bits per heavy atom. The van der Waals surface area contributed by atoms with E-state index in [0.717, 1.165) is 19.3 Å². The highest BCUT2D eigenvalue weighted by Crippen LogP contribution is 2.36. The quantitative estimate of drug-likeness (QED) is 0.866. The first-order valence-electron chi connectivity index (χ1n) is 6.84. The van der Waals surface area contributed by atoms with E-state index >= 15 is 0 Å². The van der Waals surface area contributed by atoms with Crippen molar-refractivity contribution < 1.29 is 0 Å². The van der Waals surface area contributed by atoms with Gasteiger partial charge in [0.2, 0.25) is 5.95 Å². The van der Waals surface area contributed by atoms with Gasteiger partial charge in [-0.1, -0.05) is 26.7 Å². The van der Waals surface area contributed by atoms with E-state index in [9.17, 15) is 9.59 Å². The van der Waals surface area contributed by atoms with Crippen molar-refractivity contribution in [1.29, 1.82) is 0 Å². The van der Waals surface area contributed by atoms with E-state index in [1.807, 2.05) is 0 Å². The Morgan fingerprint density at radius 3 is 2.58 bits per heavy atom. The summed E-state index contributed by atoms with van der Waals surface area (Å²) in [6.45, 7) is 4.30. The predicted octanol–water partition coefficient (Wildman–Crippen LogP) is 0.981. The highest BCUT2D eigenvalue weighted by atomic mass is 16.2. The van der Waals surface area contributed by atoms with Crippen LogP contribution in [0.1, 0.15) is 39.2 Å².